The van der Waals surface area contributed by atoms with Gasteiger partial charge in [0.1, 0.15) is 11.5 Å². The van der Waals surface area contributed by atoms with E-state index in [9.17, 15) is 5.11 Å². The molecule has 3 atom stereocenters. The van der Waals surface area contributed by atoms with Gasteiger partial charge in [-0.2, -0.15) is 0 Å². The maximum Gasteiger partial charge on any atom is 0.117 e. The molecular formula is C19H23NO2. The third-order valence-electron chi connectivity index (χ3n) is 6.05. The fourth-order valence-corrected chi connectivity index (χ4v) is 4.49. The van der Waals surface area contributed by atoms with E-state index in [1.807, 2.05) is 18.2 Å². The zero-order valence-electron chi connectivity index (χ0n) is 13.2. The van der Waals surface area contributed by atoms with Crippen molar-refractivity contribution < 1.29 is 9.52 Å². The smallest absolute Gasteiger partial charge is 0.117 e. The van der Waals surface area contributed by atoms with Crippen LogP contribution in [0.5, 0.6) is 5.75 Å². The molecule has 4 rings (SSSR count). The minimum absolute atomic E-state index is 0.163. The number of aromatic hydroxyl groups is 1. The van der Waals surface area contributed by atoms with Crippen molar-refractivity contribution in [1.82, 2.24) is 4.90 Å². The lowest BCUT2D eigenvalue weighted by molar-refractivity contribution is 0.0217. The first-order valence-electron chi connectivity index (χ1n) is 8.17. The van der Waals surface area contributed by atoms with Crippen molar-refractivity contribution in [1.29, 1.82) is 0 Å². The van der Waals surface area contributed by atoms with Gasteiger partial charge in [-0.1, -0.05) is 19.9 Å². The van der Waals surface area contributed by atoms with Crippen LogP contribution in [0.2, 0.25) is 0 Å². The van der Waals surface area contributed by atoms with Crippen LogP contribution in [-0.4, -0.2) is 22.6 Å². The summed E-state index contributed by atoms with van der Waals surface area (Å²) in [5.74, 6) is 2.02. The molecule has 0 amide bonds. The first kappa shape index (κ1) is 13.9. The lowest BCUT2D eigenvalue weighted by Crippen LogP contribution is -2.57. The lowest BCUT2D eigenvalue weighted by atomic mass is 9.59. The molecule has 3 nitrogen and oxygen atoms in total. The van der Waals surface area contributed by atoms with Crippen LogP contribution in [0.4, 0.5) is 0 Å². The molecule has 1 aliphatic heterocycles. The largest absolute Gasteiger partial charge is 0.508 e. The van der Waals surface area contributed by atoms with Crippen LogP contribution in [0.15, 0.2) is 41.0 Å². The molecule has 1 aromatic heterocycles. The summed E-state index contributed by atoms with van der Waals surface area (Å²) in [5.41, 5.74) is 2.91. The minimum Gasteiger partial charge on any atom is -0.508 e. The molecule has 3 heteroatoms. The number of furan rings is 1. The number of fused-ring (bicyclic) bond motifs is 4. The molecule has 2 aromatic rings. The average molecular weight is 297 g/mol. The third-order valence-corrected chi connectivity index (χ3v) is 6.05. The van der Waals surface area contributed by atoms with Gasteiger partial charge in [-0.05, 0) is 66.1 Å². The molecule has 2 bridgehead atoms. The van der Waals surface area contributed by atoms with Gasteiger partial charge in [-0.25, -0.2) is 0 Å². The zero-order valence-corrected chi connectivity index (χ0v) is 13.2. The average Bonchev–Trinajstić information content (AvgIpc) is 3.00. The van der Waals surface area contributed by atoms with Crippen LogP contribution in [-0.2, 0) is 18.4 Å². The van der Waals surface area contributed by atoms with E-state index in [1.165, 1.54) is 11.1 Å². The van der Waals surface area contributed by atoms with Gasteiger partial charge >= 0.3 is 0 Å². The summed E-state index contributed by atoms with van der Waals surface area (Å²) >= 11 is 0. The second-order valence-corrected chi connectivity index (χ2v) is 7.12. The molecule has 2 aliphatic rings. The fraction of sp³-hybridized carbons (Fsp3) is 0.474. The summed E-state index contributed by atoms with van der Waals surface area (Å²) in [4.78, 5) is 2.57. The number of rotatable bonds is 2. The second kappa shape index (κ2) is 4.88. The SMILES string of the molecule is C[C@H]1[C@H]2Cc3ccc(O)cc3[C@@]1(C)CCN2Cc1ccco1. The Bertz CT molecular complexity index is 679. The van der Waals surface area contributed by atoms with E-state index in [0.717, 1.165) is 31.7 Å². The molecule has 1 N–H and O–H groups in total. The molecule has 116 valence electrons. The van der Waals surface area contributed by atoms with Crippen LogP contribution in [0, 0.1) is 5.92 Å². The van der Waals surface area contributed by atoms with Crippen LogP contribution in [0.25, 0.3) is 0 Å². The normalized spacial score (nSPS) is 31.0. The quantitative estimate of drug-likeness (QED) is 0.918. The van der Waals surface area contributed by atoms with E-state index < -0.39 is 0 Å². The highest BCUT2D eigenvalue weighted by atomic mass is 16.3. The molecule has 1 fully saturated rings. The number of hydrogen-bond acceptors (Lipinski definition) is 3. The van der Waals surface area contributed by atoms with Crippen LogP contribution in [0.3, 0.4) is 0 Å². The summed E-state index contributed by atoms with van der Waals surface area (Å²) in [6, 6.07) is 10.5. The molecule has 0 unspecified atom stereocenters. The molecule has 22 heavy (non-hydrogen) atoms. The Labute approximate surface area is 131 Å². The van der Waals surface area contributed by atoms with Crippen LogP contribution < -0.4 is 0 Å². The predicted octanol–water partition coefficient (Wildman–Crippen LogP) is 3.71. The molecule has 0 radical (unpaired) electrons. The van der Waals surface area contributed by atoms with E-state index in [4.69, 9.17) is 4.42 Å². The minimum atomic E-state index is 0.163. The van der Waals surface area contributed by atoms with Gasteiger partial charge in [-0.15, -0.1) is 0 Å². The monoisotopic (exact) mass is 297 g/mol. The van der Waals surface area contributed by atoms with Crippen molar-refractivity contribution in [3.63, 3.8) is 0 Å². The van der Waals surface area contributed by atoms with Gasteiger partial charge < -0.3 is 9.52 Å². The summed E-state index contributed by atoms with van der Waals surface area (Å²) in [7, 11) is 0. The van der Waals surface area contributed by atoms with E-state index >= 15 is 0 Å². The Balaban J connectivity index is 1.69. The highest BCUT2D eigenvalue weighted by molar-refractivity contribution is 5.44. The third kappa shape index (κ3) is 1.99. The van der Waals surface area contributed by atoms with E-state index in [0.29, 0.717) is 17.7 Å². The summed E-state index contributed by atoms with van der Waals surface area (Å²) < 4.78 is 5.54. The summed E-state index contributed by atoms with van der Waals surface area (Å²) in [6.45, 7) is 6.71. The molecule has 0 saturated carbocycles. The van der Waals surface area contributed by atoms with Gasteiger partial charge in [0.05, 0.1) is 12.8 Å². The maximum absolute atomic E-state index is 9.89. The molecule has 2 heterocycles. The van der Waals surface area contributed by atoms with Gasteiger partial charge in [0.25, 0.3) is 0 Å². The van der Waals surface area contributed by atoms with E-state index in [2.05, 4.69) is 30.9 Å². The fourth-order valence-electron chi connectivity index (χ4n) is 4.49. The molecule has 0 spiro atoms. The van der Waals surface area contributed by atoms with Gasteiger partial charge in [0.15, 0.2) is 0 Å². The number of likely N-dealkylation sites (tertiary alicyclic amines) is 1. The van der Waals surface area contributed by atoms with Gasteiger partial charge in [0, 0.05) is 6.04 Å². The number of benzene rings is 1. The zero-order chi connectivity index (χ0) is 15.3. The highest BCUT2D eigenvalue weighted by Gasteiger charge is 2.48. The number of phenolic OH excluding ortho intramolecular Hbond substituents is 1. The number of nitrogens with zero attached hydrogens (tertiary/aromatic N) is 1. The van der Waals surface area contributed by atoms with Crippen molar-refractivity contribution in [3.05, 3.63) is 53.5 Å². The standard InChI is InChI=1S/C19H23NO2/c1-13-18-10-14-5-6-15(21)11-17(14)19(13,2)7-8-20(18)12-16-4-3-9-22-16/h3-6,9,11,13,18,21H,7-8,10,12H2,1-2H3/t13-,18+,19-/m0/s1. The number of hydrogen-bond donors (Lipinski definition) is 1. The first-order valence-corrected chi connectivity index (χ1v) is 8.17. The topological polar surface area (TPSA) is 36.6 Å². The second-order valence-electron chi connectivity index (χ2n) is 7.12. The van der Waals surface area contributed by atoms with Crippen molar-refractivity contribution in [2.75, 3.05) is 6.54 Å². The van der Waals surface area contributed by atoms with Crippen LogP contribution in [0.1, 0.15) is 37.2 Å². The van der Waals surface area contributed by atoms with Crippen molar-refractivity contribution in [3.8, 4) is 5.75 Å². The van der Waals surface area contributed by atoms with E-state index in [1.54, 1.807) is 6.26 Å². The highest BCUT2D eigenvalue weighted by Crippen LogP contribution is 2.49. The Morgan fingerprint density at radius 3 is 3.00 bits per heavy atom. The summed E-state index contributed by atoms with van der Waals surface area (Å²) in [6.07, 6.45) is 3.95. The number of phenols is 1. The predicted molar refractivity (Wildman–Crippen MR) is 85.8 cm³/mol. The Hall–Kier alpha value is -1.74. The molecule has 1 aliphatic carbocycles. The van der Waals surface area contributed by atoms with Gasteiger partial charge in [0.2, 0.25) is 0 Å². The Morgan fingerprint density at radius 1 is 1.36 bits per heavy atom. The maximum atomic E-state index is 9.89. The molecule has 1 aromatic carbocycles. The molecular weight excluding hydrogens is 274 g/mol. The molecule has 1 saturated heterocycles. The van der Waals surface area contributed by atoms with Gasteiger partial charge in [-0.3, -0.25) is 4.90 Å². The Morgan fingerprint density at radius 2 is 2.23 bits per heavy atom. The van der Waals surface area contributed by atoms with Crippen molar-refractivity contribution in [2.24, 2.45) is 5.92 Å². The first-order chi connectivity index (χ1) is 10.6. The van der Waals surface area contributed by atoms with Crippen molar-refractivity contribution >= 4 is 0 Å². The van der Waals surface area contributed by atoms with Crippen molar-refractivity contribution in [2.45, 2.75) is 44.7 Å². The summed E-state index contributed by atoms with van der Waals surface area (Å²) in [5, 5.41) is 9.89. The Kier molecular flexibility index (Phi) is 3.08. The van der Waals surface area contributed by atoms with E-state index in [-0.39, 0.29) is 5.41 Å². The lowest BCUT2D eigenvalue weighted by Gasteiger charge is -2.54. The number of piperidine rings is 1. The van der Waals surface area contributed by atoms with Crippen LogP contribution >= 0.6 is 0 Å².